The van der Waals surface area contributed by atoms with Crippen LogP contribution in [0.5, 0.6) is 0 Å². The predicted molar refractivity (Wildman–Crippen MR) is 86.8 cm³/mol. The number of hydrogen-bond donors (Lipinski definition) is 0. The monoisotopic (exact) mass is 311 g/mol. The summed E-state index contributed by atoms with van der Waals surface area (Å²) in [6.07, 6.45) is 0. The molecule has 1 aromatic rings. The minimum atomic E-state index is -0.189. The van der Waals surface area contributed by atoms with Crippen LogP contribution < -0.4 is 5.56 Å². The van der Waals surface area contributed by atoms with Gasteiger partial charge in [-0.3, -0.25) is 14.2 Å². The molecule has 5 nitrogen and oxygen atoms in total. The third kappa shape index (κ3) is 4.59. The Balaban J connectivity index is 2.96. The van der Waals surface area contributed by atoms with Crippen molar-refractivity contribution in [3.05, 3.63) is 22.1 Å². The molecule has 1 heterocycles. The molecule has 0 saturated carbocycles. The second-order valence-corrected chi connectivity index (χ2v) is 6.87. The number of carbonyl (C=O) groups is 1. The zero-order chi connectivity index (χ0) is 16.2. The Morgan fingerprint density at radius 2 is 1.90 bits per heavy atom. The average molecular weight is 311 g/mol. The van der Waals surface area contributed by atoms with Gasteiger partial charge in [-0.2, -0.15) is 0 Å². The second-order valence-electron chi connectivity index (χ2n) is 5.93. The molecule has 0 N–H and O–H groups in total. The van der Waals surface area contributed by atoms with Crippen molar-refractivity contribution in [2.24, 2.45) is 7.05 Å². The van der Waals surface area contributed by atoms with E-state index in [1.54, 1.807) is 18.0 Å². The molecule has 118 valence electrons. The van der Waals surface area contributed by atoms with Gasteiger partial charge in [0.25, 0.3) is 5.56 Å². The molecule has 0 spiro atoms. The summed E-state index contributed by atoms with van der Waals surface area (Å²) >= 11 is 1.32. The molecule has 0 aliphatic heterocycles. The summed E-state index contributed by atoms with van der Waals surface area (Å²) in [6, 6.07) is 1.57. The van der Waals surface area contributed by atoms with E-state index >= 15 is 0 Å². The maximum atomic E-state index is 12.0. The molecule has 0 saturated heterocycles. The first kappa shape index (κ1) is 17.8. The summed E-state index contributed by atoms with van der Waals surface area (Å²) in [5.74, 6) is 0.371. The van der Waals surface area contributed by atoms with E-state index in [0.29, 0.717) is 24.0 Å². The van der Waals surface area contributed by atoms with Crippen molar-refractivity contribution in [3.8, 4) is 0 Å². The molecule has 21 heavy (non-hydrogen) atoms. The van der Waals surface area contributed by atoms with Gasteiger partial charge < -0.3 is 4.90 Å². The van der Waals surface area contributed by atoms with Crippen LogP contribution in [-0.2, 0) is 17.3 Å². The van der Waals surface area contributed by atoms with Gasteiger partial charge in [0.05, 0.1) is 11.4 Å². The normalized spacial score (nSPS) is 11.5. The maximum Gasteiger partial charge on any atom is 0.254 e. The minimum Gasteiger partial charge on any atom is -0.343 e. The highest BCUT2D eigenvalue weighted by atomic mass is 32.2. The van der Waals surface area contributed by atoms with E-state index in [2.05, 4.69) is 4.98 Å². The van der Waals surface area contributed by atoms with Crippen molar-refractivity contribution >= 4 is 17.7 Å². The molecule has 1 amide bonds. The summed E-state index contributed by atoms with van der Waals surface area (Å²) in [6.45, 7) is 11.4. The van der Waals surface area contributed by atoms with Crippen LogP contribution >= 0.6 is 11.8 Å². The van der Waals surface area contributed by atoms with Gasteiger partial charge in [-0.1, -0.05) is 32.5 Å². The van der Waals surface area contributed by atoms with Crippen molar-refractivity contribution in [2.45, 2.75) is 45.2 Å². The number of thioether (sulfide) groups is 1. The summed E-state index contributed by atoms with van der Waals surface area (Å²) in [5.41, 5.74) is 0.474. The third-order valence-corrected chi connectivity index (χ3v) is 4.32. The maximum absolute atomic E-state index is 12.0. The van der Waals surface area contributed by atoms with Gasteiger partial charge >= 0.3 is 0 Å². The molecule has 0 unspecified atom stereocenters. The molecule has 0 bridgehead atoms. The van der Waals surface area contributed by atoms with Crippen LogP contribution in [0.1, 0.15) is 40.3 Å². The number of amides is 1. The van der Waals surface area contributed by atoms with Gasteiger partial charge in [0.1, 0.15) is 0 Å². The van der Waals surface area contributed by atoms with E-state index in [9.17, 15) is 9.59 Å². The zero-order valence-corrected chi connectivity index (χ0v) is 14.6. The topological polar surface area (TPSA) is 55.2 Å². The highest BCUT2D eigenvalue weighted by molar-refractivity contribution is 7.99. The molecule has 0 aliphatic carbocycles. The number of hydrogen-bond acceptors (Lipinski definition) is 4. The fraction of sp³-hybridized carbons (Fsp3) is 0.667. The smallest absolute Gasteiger partial charge is 0.254 e. The van der Waals surface area contributed by atoms with Crippen molar-refractivity contribution < 1.29 is 4.79 Å². The van der Waals surface area contributed by atoms with Gasteiger partial charge in [-0.15, -0.1) is 0 Å². The molecule has 0 aromatic carbocycles. The highest BCUT2D eigenvalue weighted by Gasteiger charge is 2.19. The Kier molecular flexibility index (Phi) is 6.01. The molecular weight excluding hydrogens is 286 g/mol. The lowest BCUT2D eigenvalue weighted by Crippen LogP contribution is -2.32. The summed E-state index contributed by atoms with van der Waals surface area (Å²) in [5, 5.41) is 0.591. The molecule has 0 radical (unpaired) electrons. The highest BCUT2D eigenvalue weighted by Crippen LogP contribution is 2.22. The Morgan fingerprint density at radius 3 is 2.38 bits per heavy atom. The predicted octanol–water partition coefficient (Wildman–Crippen LogP) is 2.04. The first-order valence-electron chi connectivity index (χ1n) is 7.19. The lowest BCUT2D eigenvalue weighted by molar-refractivity contribution is -0.127. The van der Waals surface area contributed by atoms with Crippen LogP contribution in [0.15, 0.2) is 16.0 Å². The van der Waals surface area contributed by atoms with Gasteiger partial charge in [-0.05, 0) is 13.8 Å². The molecule has 0 atom stereocenters. The van der Waals surface area contributed by atoms with Crippen molar-refractivity contribution in [1.82, 2.24) is 14.5 Å². The van der Waals surface area contributed by atoms with Gasteiger partial charge in [0, 0.05) is 31.6 Å². The van der Waals surface area contributed by atoms with Crippen LogP contribution in [0.4, 0.5) is 0 Å². The number of aromatic nitrogens is 2. The van der Waals surface area contributed by atoms with Gasteiger partial charge in [0.15, 0.2) is 5.16 Å². The van der Waals surface area contributed by atoms with Crippen molar-refractivity contribution in [2.75, 3.05) is 18.8 Å². The molecule has 0 fully saturated rings. The number of nitrogens with zero attached hydrogens (tertiary/aromatic N) is 3. The Bertz CT molecular complexity index is 557. The lowest BCUT2D eigenvalue weighted by Gasteiger charge is -2.20. The fourth-order valence-corrected chi connectivity index (χ4v) is 2.71. The fourth-order valence-electron chi connectivity index (χ4n) is 1.83. The van der Waals surface area contributed by atoms with Crippen LogP contribution in [0.3, 0.4) is 0 Å². The second kappa shape index (κ2) is 7.11. The molecule has 1 rings (SSSR count). The first-order valence-corrected chi connectivity index (χ1v) is 8.18. The number of carbonyl (C=O) groups excluding carboxylic acids is 1. The summed E-state index contributed by atoms with van der Waals surface area (Å²) in [4.78, 5) is 30.4. The Labute approximate surface area is 130 Å². The minimum absolute atomic E-state index is 0.0698. The van der Waals surface area contributed by atoms with E-state index in [0.717, 1.165) is 5.69 Å². The van der Waals surface area contributed by atoms with Crippen LogP contribution in [0, 0.1) is 0 Å². The zero-order valence-electron chi connectivity index (χ0n) is 13.8. The summed E-state index contributed by atoms with van der Waals surface area (Å²) < 4.78 is 1.50. The van der Waals surface area contributed by atoms with E-state index in [1.807, 2.05) is 34.6 Å². The average Bonchev–Trinajstić information content (AvgIpc) is 2.40. The van der Waals surface area contributed by atoms with Gasteiger partial charge in [-0.25, -0.2) is 4.98 Å². The third-order valence-electron chi connectivity index (χ3n) is 3.30. The van der Waals surface area contributed by atoms with Crippen LogP contribution in [-0.4, -0.2) is 39.2 Å². The summed E-state index contributed by atoms with van der Waals surface area (Å²) in [7, 11) is 1.69. The van der Waals surface area contributed by atoms with E-state index < -0.39 is 0 Å². The standard InChI is InChI=1S/C15H25N3O2S/c1-7-18(8-2)13(20)10-21-14-16-11(15(3,4)5)9-12(19)17(14)6/h9H,7-8,10H2,1-6H3. The van der Waals surface area contributed by atoms with E-state index in [-0.39, 0.29) is 16.9 Å². The molecule has 0 aliphatic rings. The van der Waals surface area contributed by atoms with Gasteiger partial charge in [0.2, 0.25) is 5.91 Å². The Hall–Kier alpha value is -1.30. The number of rotatable bonds is 5. The van der Waals surface area contributed by atoms with E-state index in [4.69, 9.17) is 0 Å². The quantitative estimate of drug-likeness (QED) is 0.617. The first-order chi connectivity index (χ1) is 9.70. The lowest BCUT2D eigenvalue weighted by atomic mass is 9.92. The molecular formula is C15H25N3O2S. The SMILES string of the molecule is CCN(CC)C(=O)CSc1nc(C(C)(C)C)cc(=O)n1C. The molecule has 1 aromatic heterocycles. The largest absolute Gasteiger partial charge is 0.343 e. The van der Waals surface area contributed by atoms with Crippen LogP contribution in [0.25, 0.3) is 0 Å². The Morgan fingerprint density at radius 1 is 1.33 bits per heavy atom. The van der Waals surface area contributed by atoms with Crippen molar-refractivity contribution in [1.29, 1.82) is 0 Å². The van der Waals surface area contributed by atoms with E-state index in [1.165, 1.54) is 16.3 Å². The van der Waals surface area contributed by atoms with Crippen LogP contribution in [0.2, 0.25) is 0 Å². The van der Waals surface area contributed by atoms with Crippen molar-refractivity contribution in [3.63, 3.8) is 0 Å². The molecule has 6 heteroatoms.